The van der Waals surface area contributed by atoms with Crippen LogP contribution in [0.3, 0.4) is 0 Å². The molecule has 0 saturated carbocycles. The molecule has 0 aromatic heterocycles. The van der Waals surface area contributed by atoms with Crippen LogP contribution in [-0.4, -0.2) is 47.8 Å². The van der Waals surface area contributed by atoms with E-state index in [0.29, 0.717) is 19.6 Å². The molecule has 4 atom stereocenters. The Morgan fingerprint density at radius 2 is 1.23 bits per heavy atom. The highest BCUT2D eigenvalue weighted by atomic mass is 16.6. The first-order valence-electron chi connectivity index (χ1n) is 9.00. The van der Waals surface area contributed by atoms with Crippen LogP contribution in [-0.2, 0) is 27.4 Å². The Morgan fingerprint density at radius 3 is 1.69 bits per heavy atom. The number of rotatable bonds is 9. The molecule has 0 spiro atoms. The zero-order chi connectivity index (χ0) is 18.2. The molecular formula is C21H26O5. The number of ether oxygens (including phenoxy) is 3. The monoisotopic (exact) mass is 358 g/mol. The van der Waals surface area contributed by atoms with Crippen LogP contribution < -0.4 is 0 Å². The van der Waals surface area contributed by atoms with Crippen molar-refractivity contribution in [2.75, 3.05) is 13.2 Å². The zero-order valence-corrected chi connectivity index (χ0v) is 14.7. The second kappa shape index (κ2) is 9.80. The van der Waals surface area contributed by atoms with Gasteiger partial charge in [0.1, 0.15) is 18.3 Å². The Bertz CT molecular complexity index is 633. The molecule has 2 aromatic carbocycles. The predicted octanol–water partition coefficient (Wildman–Crippen LogP) is 2.30. The van der Waals surface area contributed by atoms with Gasteiger partial charge in [-0.05, 0) is 17.5 Å². The summed E-state index contributed by atoms with van der Waals surface area (Å²) in [4.78, 5) is 0. The molecule has 1 saturated heterocycles. The molecule has 5 heteroatoms. The molecule has 5 nitrogen and oxygen atoms in total. The predicted molar refractivity (Wildman–Crippen MR) is 97.5 cm³/mol. The summed E-state index contributed by atoms with van der Waals surface area (Å²) in [6.07, 6.45) is -1.05. The maximum Gasteiger partial charge on any atom is 0.115 e. The van der Waals surface area contributed by atoms with Gasteiger partial charge in [0.05, 0.1) is 25.9 Å². The Balaban J connectivity index is 1.68. The van der Waals surface area contributed by atoms with Crippen LogP contribution >= 0.6 is 0 Å². The van der Waals surface area contributed by atoms with Crippen LogP contribution in [0.15, 0.2) is 60.7 Å². The summed E-state index contributed by atoms with van der Waals surface area (Å²) < 4.78 is 18.1. The molecule has 2 N–H and O–H groups in total. The van der Waals surface area contributed by atoms with Gasteiger partial charge in [-0.2, -0.15) is 0 Å². The van der Waals surface area contributed by atoms with E-state index in [0.717, 1.165) is 11.1 Å². The average Bonchev–Trinajstić information content (AvgIpc) is 3.03. The Kier molecular flexibility index (Phi) is 7.17. The molecule has 1 heterocycles. The summed E-state index contributed by atoms with van der Waals surface area (Å²) in [6, 6.07) is 19.8. The summed E-state index contributed by atoms with van der Waals surface area (Å²) in [5.41, 5.74) is 2.11. The summed E-state index contributed by atoms with van der Waals surface area (Å²) in [7, 11) is 0. The van der Waals surface area contributed by atoms with E-state index in [1.54, 1.807) is 0 Å². The highest BCUT2D eigenvalue weighted by Gasteiger charge is 2.45. The van der Waals surface area contributed by atoms with Crippen molar-refractivity contribution in [2.45, 2.75) is 44.1 Å². The fourth-order valence-corrected chi connectivity index (χ4v) is 3.25. The second-order valence-corrected chi connectivity index (χ2v) is 6.43. The van der Waals surface area contributed by atoms with Crippen molar-refractivity contribution in [1.82, 2.24) is 0 Å². The van der Waals surface area contributed by atoms with Gasteiger partial charge in [0.25, 0.3) is 0 Å². The van der Waals surface area contributed by atoms with Crippen LogP contribution in [0.1, 0.15) is 17.5 Å². The summed E-state index contributed by atoms with van der Waals surface area (Å²) in [5, 5.41) is 19.0. The smallest absolute Gasteiger partial charge is 0.115 e. The number of aliphatic hydroxyl groups excluding tert-OH is 2. The fourth-order valence-electron chi connectivity index (χ4n) is 3.25. The molecule has 1 aliphatic rings. The van der Waals surface area contributed by atoms with E-state index < -0.39 is 6.10 Å². The van der Waals surface area contributed by atoms with Crippen molar-refractivity contribution in [3.8, 4) is 0 Å². The molecule has 3 rings (SSSR count). The fraction of sp³-hybridized carbons (Fsp3) is 0.429. The van der Waals surface area contributed by atoms with Crippen LogP contribution in [0.5, 0.6) is 0 Å². The highest BCUT2D eigenvalue weighted by molar-refractivity contribution is 5.14. The molecule has 2 aromatic rings. The Morgan fingerprint density at radius 1 is 0.731 bits per heavy atom. The van der Waals surface area contributed by atoms with E-state index in [-0.39, 0.29) is 31.5 Å². The normalized spacial score (nSPS) is 25.5. The maximum absolute atomic E-state index is 9.70. The third-order valence-corrected chi connectivity index (χ3v) is 4.57. The van der Waals surface area contributed by atoms with Gasteiger partial charge >= 0.3 is 0 Å². The van der Waals surface area contributed by atoms with Crippen molar-refractivity contribution in [3.63, 3.8) is 0 Å². The van der Waals surface area contributed by atoms with E-state index in [1.165, 1.54) is 0 Å². The van der Waals surface area contributed by atoms with Gasteiger partial charge in [0.2, 0.25) is 0 Å². The van der Waals surface area contributed by atoms with Gasteiger partial charge in [0, 0.05) is 6.61 Å². The quantitative estimate of drug-likeness (QED) is 0.720. The standard InChI is InChI=1S/C21H26O5/c22-12-11-18-20(24-14-16-7-3-1-4-8-16)21(19(13-23)26-18)25-15-17-9-5-2-6-10-17/h1-10,18-23H,11-15H2/t18-,19+,20+,21+/m0/s1. The first kappa shape index (κ1) is 19.0. The molecule has 140 valence electrons. The number of benzene rings is 2. The molecule has 1 aliphatic heterocycles. The lowest BCUT2D eigenvalue weighted by molar-refractivity contribution is -0.0840. The first-order valence-corrected chi connectivity index (χ1v) is 9.00. The highest BCUT2D eigenvalue weighted by Crippen LogP contribution is 2.30. The SMILES string of the molecule is OCC[C@@H]1O[C@H](CO)[C@@H](OCc2ccccc2)[C@@H]1OCc1ccccc1. The molecule has 0 bridgehead atoms. The van der Waals surface area contributed by atoms with Crippen molar-refractivity contribution >= 4 is 0 Å². The Labute approximate surface area is 154 Å². The van der Waals surface area contributed by atoms with Gasteiger partial charge in [-0.15, -0.1) is 0 Å². The summed E-state index contributed by atoms with van der Waals surface area (Å²) in [5.74, 6) is 0. The Hall–Kier alpha value is -1.76. The van der Waals surface area contributed by atoms with Gasteiger partial charge in [-0.3, -0.25) is 0 Å². The van der Waals surface area contributed by atoms with E-state index in [4.69, 9.17) is 14.2 Å². The van der Waals surface area contributed by atoms with Crippen LogP contribution in [0, 0.1) is 0 Å². The topological polar surface area (TPSA) is 68.2 Å². The van der Waals surface area contributed by atoms with E-state index in [2.05, 4.69) is 0 Å². The zero-order valence-electron chi connectivity index (χ0n) is 14.7. The van der Waals surface area contributed by atoms with Crippen molar-refractivity contribution in [1.29, 1.82) is 0 Å². The lowest BCUT2D eigenvalue weighted by Gasteiger charge is -2.24. The summed E-state index contributed by atoms with van der Waals surface area (Å²) >= 11 is 0. The first-order chi connectivity index (χ1) is 12.8. The molecule has 0 radical (unpaired) electrons. The minimum atomic E-state index is -0.462. The third-order valence-electron chi connectivity index (χ3n) is 4.57. The lowest BCUT2D eigenvalue weighted by atomic mass is 10.1. The van der Waals surface area contributed by atoms with E-state index >= 15 is 0 Å². The van der Waals surface area contributed by atoms with Crippen molar-refractivity contribution < 1.29 is 24.4 Å². The number of aliphatic hydroxyl groups is 2. The largest absolute Gasteiger partial charge is 0.396 e. The van der Waals surface area contributed by atoms with Crippen molar-refractivity contribution in [3.05, 3.63) is 71.8 Å². The van der Waals surface area contributed by atoms with Gasteiger partial charge < -0.3 is 24.4 Å². The molecular weight excluding hydrogens is 332 g/mol. The second-order valence-electron chi connectivity index (χ2n) is 6.43. The van der Waals surface area contributed by atoms with Crippen molar-refractivity contribution in [2.24, 2.45) is 0 Å². The molecule has 0 aliphatic carbocycles. The third kappa shape index (κ3) is 4.90. The summed E-state index contributed by atoms with van der Waals surface area (Å²) in [6.45, 7) is 0.703. The number of hydrogen-bond acceptors (Lipinski definition) is 5. The lowest BCUT2D eigenvalue weighted by Crippen LogP contribution is -2.38. The van der Waals surface area contributed by atoms with Gasteiger partial charge in [0.15, 0.2) is 0 Å². The van der Waals surface area contributed by atoms with Crippen LogP contribution in [0.25, 0.3) is 0 Å². The molecule has 26 heavy (non-hydrogen) atoms. The number of hydrogen-bond donors (Lipinski definition) is 2. The minimum Gasteiger partial charge on any atom is -0.396 e. The average molecular weight is 358 g/mol. The molecule has 0 amide bonds. The van der Waals surface area contributed by atoms with E-state index in [1.807, 2.05) is 60.7 Å². The molecule has 1 fully saturated rings. The van der Waals surface area contributed by atoms with Gasteiger partial charge in [-0.1, -0.05) is 60.7 Å². The minimum absolute atomic E-state index is 0.000578. The maximum atomic E-state index is 9.70. The van der Waals surface area contributed by atoms with Gasteiger partial charge in [-0.25, -0.2) is 0 Å². The van der Waals surface area contributed by atoms with E-state index in [9.17, 15) is 10.2 Å². The van der Waals surface area contributed by atoms with Crippen LogP contribution in [0.2, 0.25) is 0 Å². The molecule has 0 unspecified atom stereocenters. The van der Waals surface area contributed by atoms with Crippen LogP contribution in [0.4, 0.5) is 0 Å².